The Morgan fingerprint density at radius 1 is 1.21 bits per heavy atom. The lowest BCUT2D eigenvalue weighted by atomic mass is 10.1. The zero-order valence-electron chi connectivity index (χ0n) is 10.8. The average molecular weight is 256 g/mol. The van der Waals surface area contributed by atoms with Gasteiger partial charge in [0.2, 0.25) is 11.8 Å². The van der Waals surface area contributed by atoms with Crippen LogP contribution in [0.4, 0.5) is 0 Å². The van der Waals surface area contributed by atoms with Crippen LogP contribution >= 0.6 is 0 Å². The Balaban J connectivity index is 2.00. The SMILES string of the molecule is CCc1nnc(Cn2ccc3cccc(CN)c32)o1. The standard InChI is InChI=1S/C14H16N4O/c1-2-12-16-17-13(19-12)9-18-7-6-10-4-3-5-11(8-15)14(10)18/h3-7H,2,8-9,15H2,1H3. The average Bonchev–Trinajstić information content (AvgIpc) is 3.06. The first-order chi connectivity index (χ1) is 9.31. The van der Waals surface area contributed by atoms with Crippen molar-refractivity contribution in [1.82, 2.24) is 14.8 Å². The molecule has 0 spiro atoms. The van der Waals surface area contributed by atoms with E-state index in [4.69, 9.17) is 10.2 Å². The molecule has 0 saturated carbocycles. The number of hydrogen-bond donors (Lipinski definition) is 1. The van der Waals surface area contributed by atoms with Crippen molar-refractivity contribution in [2.75, 3.05) is 0 Å². The van der Waals surface area contributed by atoms with E-state index in [2.05, 4.69) is 26.9 Å². The van der Waals surface area contributed by atoms with E-state index in [1.54, 1.807) is 0 Å². The molecule has 0 amide bonds. The summed E-state index contributed by atoms with van der Waals surface area (Å²) >= 11 is 0. The highest BCUT2D eigenvalue weighted by Gasteiger charge is 2.09. The minimum Gasteiger partial charge on any atom is -0.423 e. The van der Waals surface area contributed by atoms with E-state index in [0.29, 0.717) is 24.9 Å². The molecule has 0 unspecified atom stereocenters. The van der Waals surface area contributed by atoms with Gasteiger partial charge < -0.3 is 14.7 Å². The Kier molecular flexibility index (Phi) is 3.05. The quantitative estimate of drug-likeness (QED) is 0.776. The lowest BCUT2D eigenvalue weighted by Gasteiger charge is -2.06. The fraction of sp³-hybridized carbons (Fsp3) is 0.286. The summed E-state index contributed by atoms with van der Waals surface area (Å²) in [5.41, 5.74) is 8.06. The molecule has 3 rings (SSSR count). The number of nitrogens with two attached hydrogens (primary N) is 1. The topological polar surface area (TPSA) is 69.9 Å². The molecule has 0 aliphatic rings. The third-order valence-corrected chi connectivity index (χ3v) is 3.21. The highest BCUT2D eigenvalue weighted by Crippen LogP contribution is 2.21. The number of benzene rings is 1. The number of aromatic nitrogens is 3. The van der Waals surface area contributed by atoms with Crippen molar-refractivity contribution in [3.05, 3.63) is 47.8 Å². The van der Waals surface area contributed by atoms with E-state index >= 15 is 0 Å². The van der Waals surface area contributed by atoms with Gasteiger partial charge in [-0.25, -0.2) is 0 Å². The van der Waals surface area contributed by atoms with Gasteiger partial charge in [-0.15, -0.1) is 10.2 Å². The van der Waals surface area contributed by atoms with Crippen LogP contribution in [-0.2, 0) is 19.5 Å². The molecule has 5 nitrogen and oxygen atoms in total. The van der Waals surface area contributed by atoms with Crippen molar-refractivity contribution < 1.29 is 4.42 Å². The van der Waals surface area contributed by atoms with Gasteiger partial charge in [-0.3, -0.25) is 0 Å². The van der Waals surface area contributed by atoms with Crippen molar-refractivity contribution in [3.63, 3.8) is 0 Å². The van der Waals surface area contributed by atoms with Crippen LogP contribution < -0.4 is 5.73 Å². The van der Waals surface area contributed by atoms with E-state index < -0.39 is 0 Å². The molecule has 3 aromatic rings. The first kappa shape index (κ1) is 11.9. The summed E-state index contributed by atoms with van der Waals surface area (Å²) in [6.07, 6.45) is 2.78. The summed E-state index contributed by atoms with van der Waals surface area (Å²) in [5.74, 6) is 1.30. The minimum absolute atomic E-state index is 0.519. The molecular weight excluding hydrogens is 240 g/mol. The van der Waals surface area contributed by atoms with Crippen LogP contribution in [0.3, 0.4) is 0 Å². The van der Waals surface area contributed by atoms with Crippen molar-refractivity contribution >= 4 is 10.9 Å². The summed E-state index contributed by atoms with van der Waals surface area (Å²) in [6.45, 7) is 3.09. The predicted octanol–water partition coefficient (Wildman–Crippen LogP) is 2.09. The molecule has 1 aromatic carbocycles. The Morgan fingerprint density at radius 3 is 2.79 bits per heavy atom. The Morgan fingerprint density at radius 2 is 2.05 bits per heavy atom. The lowest BCUT2D eigenvalue weighted by molar-refractivity contribution is 0.444. The fourth-order valence-corrected chi connectivity index (χ4v) is 2.28. The summed E-state index contributed by atoms with van der Waals surface area (Å²) < 4.78 is 7.66. The number of aryl methyl sites for hydroxylation is 1. The lowest BCUT2D eigenvalue weighted by Crippen LogP contribution is -2.03. The van der Waals surface area contributed by atoms with Crippen LogP contribution in [0.5, 0.6) is 0 Å². The minimum atomic E-state index is 0.519. The first-order valence-electron chi connectivity index (χ1n) is 6.40. The van der Waals surface area contributed by atoms with E-state index in [-0.39, 0.29) is 0 Å². The Bertz CT molecular complexity index is 698. The van der Waals surface area contributed by atoms with Gasteiger partial charge in [0, 0.05) is 19.2 Å². The second-order valence-electron chi connectivity index (χ2n) is 4.45. The first-order valence-corrected chi connectivity index (χ1v) is 6.40. The van der Waals surface area contributed by atoms with Crippen molar-refractivity contribution in [2.24, 2.45) is 5.73 Å². The number of hydrogen-bond acceptors (Lipinski definition) is 4. The molecule has 2 aromatic heterocycles. The molecule has 0 fully saturated rings. The molecule has 0 atom stereocenters. The largest absolute Gasteiger partial charge is 0.423 e. The Hall–Kier alpha value is -2.14. The summed E-state index contributed by atoms with van der Waals surface area (Å²) in [5, 5.41) is 9.22. The molecule has 0 aliphatic heterocycles. The molecule has 19 heavy (non-hydrogen) atoms. The fourth-order valence-electron chi connectivity index (χ4n) is 2.28. The second-order valence-corrected chi connectivity index (χ2v) is 4.45. The maximum absolute atomic E-state index is 5.80. The number of fused-ring (bicyclic) bond motifs is 1. The third kappa shape index (κ3) is 2.13. The summed E-state index contributed by atoms with van der Waals surface area (Å²) in [4.78, 5) is 0. The normalized spacial score (nSPS) is 11.3. The number of rotatable bonds is 4. The van der Waals surface area contributed by atoms with Crippen LogP contribution in [0.25, 0.3) is 10.9 Å². The molecule has 0 radical (unpaired) electrons. The number of para-hydroxylation sites is 1. The molecule has 5 heteroatoms. The van der Waals surface area contributed by atoms with Gasteiger partial charge in [-0.2, -0.15) is 0 Å². The molecule has 0 aliphatic carbocycles. The van der Waals surface area contributed by atoms with Gasteiger partial charge in [0.05, 0.1) is 5.52 Å². The molecule has 0 saturated heterocycles. The second kappa shape index (κ2) is 4.85. The molecular formula is C14H16N4O. The highest BCUT2D eigenvalue weighted by atomic mass is 16.4. The summed E-state index contributed by atoms with van der Waals surface area (Å²) in [6, 6.07) is 8.22. The van der Waals surface area contributed by atoms with Gasteiger partial charge in [-0.05, 0) is 17.0 Å². The molecule has 0 bridgehead atoms. The maximum atomic E-state index is 5.80. The van der Waals surface area contributed by atoms with E-state index in [9.17, 15) is 0 Å². The van der Waals surface area contributed by atoms with Crippen LogP contribution in [0.15, 0.2) is 34.9 Å². The smallest absolute Gasteiger partial charge is 0.236 e. The van der Waals surface area contributed by atoms with Crippen LogP contribution in [-0.4, -0.2) is 14.8 Å². The Labute approximate surface area is 111 Å². The van der Waals surface area contributed by atoms with Crippen LogP contribution in [0.1, 0.15) is 24.3 Å². The predicted molar refractivity (Wildman–Crippen MR) is 72.6 cm³/mol. The van der Waals surface area contributed by atoms with Crippen LogP contribution in [0, 0.1) is 0 Å². The van der Waals surface area contributed by atoms with Gasteiger partial charge >= 0.3 is 0 Å². The van der Waals surface area contributed by atoms with Crippen molar-refractivity contribution in [2.45, 2.75) is 26.4 Å². The summed E-state index contributed by atoms with van der Waals surface area (Å²) in [7, 11) is 0. The van der Waals surface area contributed by atoms with Gasteiger partial charge in [0.25, 0.3) is 0 Å². The monoisotopic (exact) mass is 256 g/mol. The molecule has 2 heterocycles. The van der Waals surface area contributed by atoms with Gasteiger partial charge in [0.15, 0.2) is 0 Å². The van der Waals surface area contributed by atoms with Gasteiger partial charge in [-0.1, -0.05) is 25.1 Å². The maximum Gasteiger partial charge on any atom is 0.236 e. The van der Waals surface area contributed by atoms with Crippen molar-refractivity contribution in [3.8, 4) is 0 Å². The number of nitrogens with zero attached hydrogens (tertiary/aromatic N) is 3. The van der Waals surface area contributed by atoms with E-state index in [1.807, 2.05) is 25.3 Å². The molecule has 2 N–H and O–H groups in total. The van der Waals surface area contributed by atoms with E-state index in [1.165, 1.54) is 5.39 Å². The highest BCUT2D eigenvalue weighted by molar-refractivity contribution is 5.83. The zero-order valence-corrected chi connectivity index (χ0v) is 10.8. The van der Waals surface area contributed by atoms with Gasteiger partial charge in [0.1, 0.15) is 6.54 Å². The zero-order chi connectivity index (χ0) is 13.2. The van der Waals surface area contributed by atoms with Crippen molar-refractivity contribution in [1.29, 1.82) is 0 Å². The molecule has 98 valence electrons. The van der Waals surface area contributed by atoms with Crippen LogP contribution in [0.2, 0.25) is 0 Å². The third-order valence-electron chi connectivity index (χ3n) is 3.21. The van der Waals surface area contributed by atoms with E-state index in [0.717, 1.165) is 17.5 Å².